The van der Waals surface area contributed by atoms with Crippen LogP contribution in [0.4, 0.5) is 5.69 Å². The molecule has 3 atom stereocenters. The van der Waals surface area contributed by atoms with Crippen molar-refractivity contribution in [2.75, 3.05) is 58.9 Å². The monoisotopic (exact) mass is 570 g/mol. The normalized spacial score (nSPS) is 20.2. The summed E-state index contributed by atoms with van der Waals surface area (Å²) in [7, 11) is -0.693. The van der Waals surface area contributed by atoms with Crippen molar-refractivity contribution in [1.29, 1.82) is 0 Å². The van der Waals surface area contributed by atoms with E-state index in [0.717, 1.165) is 5.56 Å². The molecule has 1 aliphatic heterocycles. The number of hydrogen-bond donors (Lipinski definition) is 4. The highest BCUT2D eigenvalue weighted by Gasteiger charge is 2.27. The molecule has 1 aliphatic rings. The molecule has 0 aromatic heterocycles. The van der Waals surface area contributed by atoms with Crippen LogP contribution in [0.25, 0.3) is 0 Å². The van der Waals surface area contributed by atoms with Crippen molar-refractivity contribution in [3.63, 3.8) is 0 Å². The van der Waals surface area contributed by atoms with Crippen LogP contribution in [-0.2, 0) is 25.4 Å². The van der Waals surface area contributed by atoms with E-state index in [0.29, 0.717) is 65.1 Å². The first-order chi connectivity index (χ1) is 18.6. The second-order valence-electron chi connectivity index (χ2n) is 9.53. The molecule has 0 saturated carbocycles. The number of benzene rings is 1. The van der Waals surface area contributed by atoms with Gasteiger partial charge in [-0.15, -0.1) is 0 Å². The molecule has 39 heavy (non-hydrogen) atoms. The summed E-state index contributed by atoms with van der Waals surface area (Å²) >= 11 is 0. The lowest BCUT2D eigenvalue weighted by atomic mass is 10.1. The van der Waals surface area contributed by atoms with Gasteiger partial charge in [-0.3, -0.25) is 39.2 Å². The summed E-state index contributed by atoms with van der Waals surface area (Å²) in [5.74, 6) is -3.39. The zero-order chi connectivity index (χ0) is 28.8. The number of nitro benzene ring substituents is 1. The zero-order valence-corrected chi connectivity index (χ0v) is 22.7. The highest BCUT2D eigenvalue weighted by molar-refractivity contribution is 7.24. The van der Waals surface area contributed by atoms with Gasteiger partial charge in [0.15, 0.2) is 0 Å². The molecule has 3 unspecified atom stereocenters. The molecule has 216 valence electrons. The van der Waals surface area contributed by atoms with E-state index < -0.39 is 43.1 Å². The van der Waals surface area contributed by atoms with Crippen molar-refractivity contribution in [3.05, 3.63) is 39.9 Å². The van der Waals surface area contributed by atoms with E-state index in [-0.39, 0.29) is 25.2 Å². The quantitative estimate of drug-likeness (QED) is 0.166. The van der Waals surface area contributed by atoms with Crippen LogP contribution in [-0.4, -0.2) is 124 Å². The summed E-state index contributed by atoms with van der Waals surface area (Å²) in [5, 5.41) is 42.2. The van der Waals surface area contributed by atoms with E-state index in [4.69, 9.17) is 0 Å². The van der Waals surface area contributed by atoms with Crippen molar-refractivity contribution < 1.29 is 39.2 Å². The second-order valence-corrected chi connectivity index (χ2v) is 10.4. The molecule has 1 heterocycles. The van der Waals surface area contributed by atoms with E-state index in [1.165, 1.54) is 12.1 Å². The van der Waals surface area contributed by atoms with Crippen LogP contribution < -0.4 is 5.32 Å². The lowest BCUT2D eigenvalue weighted by Crippen LogP contribution is -2.46. The smallest absolute Gasteiger partial charge is 0.344 e. The number of non-ortho nitro benzene ring substituents is 1. The van der Waals surface area contributed by atoms with Crippen LogP contribution in [0.1, 0.15) is 24.8 Å². The van der Waals surface area contributed by atoms with Crippen molar-refractivity contribution in [2.45, 2.75) is 37.5 Å². The van der Waals surface area contributed by atoms with Gasteiger partial charge in [0.25, 0.3) is 5.69 Å². The molecule has 0 aliphatic carbocycles. The average Bonchev–Trinajstić information content (AvgIpc) is 2.86. The first-order valence-electron chi connectivity index (χ1n) is 12.8. The molecule has 1 aromatic rings. The minimum atomic E-state index is -1.02. The molecule has 1 saturated heterocycles. The minimum absolute atomic E-state index is 0.0349. The Hall–Kier alpha value is -3.03. The van der Waals surface area contributed by atoms with Crippen molar-refractivity contribution in [2.24, 2.45) is 0 Å². The third-order valence-electron chi connectivity index (χ3n) is 6.57. The van der Waals surface area contributed by atoms with Crippen molar-refractivity contribution in [3.8, 4) is 0 Å². The minimum Gasteiger partial charge on any atom is -0.481 e. The standard InChI is InChI=1S/C24H36N5O9P/c30-22(31)15-19-6-10-27(17-24(34)35)13-12-26(16-23(32)33)8-1-9-28(11-7-25-19)21(39-38)14-18-2-4-20(5-3-18)29(36)37/h2-5,19,21,25H,1,6-17H2,(H,30,31)(H,32,33)(H,34,35)/p+1. The van der Waals surface area contributed by atoms with Gasteiger partial charge in [-0.05, 0) is 18.4 Å². The maximum Gasteiger partial charge on any atom is 0.344 e. The number of carbonyl (C=O) groups is 3. The van der Waals surface area contributed by atoms with Crippen molar-refractivity contribution >= 4 is 32.1 Å². The highest BCUT2D eigenvalue weighted by Crippen LogP contribution is 2.21. The third-order valence-corrected chi connectivity index (χ3v) is 7.41. The first-order valence-corrected chi connectivity index (χ1v) is 13.7. The molecule has 1 fully saturated rings. The van der Waals surface area contributed by atoms with E-state index >= 15 is 0 Å². The van der Waals surface area contributed by atoms with Gasteiger partial charge in [0.1, 0.15) is 0 Å². The number of nitrogens with zero attached hydrogens (tertiary/aromatic N) is 4. The number of carboxylic acids is 3. The molecule has 0 bridgehead atoms. The Morgan fingerprint density at radius 1 is 0.949 bits per heavy atom. The highest BCUT2D eigenvalue weighted by atomic mass is 31.1. The van der Waals surface area contributed by atoms with E-state index in [1.807, 2.05) is 4.90 Å². The SMILES string of the molecule is O=[PH+]C(Cc1ccc([N+](=O)[O-])cc1)N1CCCN(CC(=O)O)CCN(CC(=O)O)CCC(CC(=O)O)NCC1. The predicted octanol–water partition coefficient (Wildman–Crippen LogP) is 0.789. The molecule has 0 radical (unpaired) electrons. The van der Waals surface area contributed by atoms with Gasteiger partial charge in [-0.2, -0.15) is 0 Å². The molecule has 15 heteroatoms. The van der Waals surface area contributed by atoms with Crippen LogP contribution in [0, 0.1) is 10.1 Å². The van der Waals surface area contributed by atoms with Gasteiger partial charge in [0, 0.05) is 70.4 Å². The molecular formula is C24H37N5O9P+. The molecule has 14 nitrogen and oxygen atoms in total. The van der Waals surface area contributed by atoms with E-state index in [1.54, 1.807) is 21.9 Å². The molecule has 4 N–H and O–H groups in total. The first kappa shape index (κ1) is 32.2. The summed E-state index contributed by atoms with van der Waals surface area (Å²) in [6.45, 7) is 2.30. The van der Waals surface area contributed by atoms with Gasteiger partial charge in [0.2, 0.25) is 5.78 Å². The second kappa shape index (κ2) is 16.8. The lowest BCUT2D eigenvalue weighted by Gasteiger charge is -2.30. The van der Waals surface area contributed by atoms with Crippen LogP contribution in [0.2, 0.25) is 0 Å². The maximum absolute atomic E-state index is 12.3. The fourth-order valence-corrected chi connectivity index (χ4v) is 5.31. The Morgan fingerprint density at radius 3 is 2.10 bits per heavy atom. The maximum atomic E-state index is 12.3. The van der Waals surface area contributed by atoms with E-state index in [9.17, 15) is 44.4 Å². The lowest BCUT2D eigenvalue weighted by molar-refractivity contribution is -0.384. The predicted molar refractivity (Wildman–Crippen MR) is 143 cm³/mol. The molecule has 2 rings (SSSR count). The average molecular weight is 571 g/mol. The van der Waals surface area contributed by atoms with Gasteiger partial charge >= 0.3 is 26.4 Å². The molecular weight excluding hydrogens is 533 g/mol. The van der Waals surface area contributed by atoms with Crippen LogP contribution in [0.5, 0.6) is 0 Å². The number of rotatable bonds is 11. The summed E-state index contributed by atoms with van der Waals surface area (Å²) < 4.78 is 12.3. The fraction of sp³-hybridized carbons (Fsp3) is 0.625. The van der Waals surface area contributed by atoms with Crippen molar-refractivity contribution in [1.82, 2.24) is 20.0 Å². The Morgan fingerprint density at radius 2 is 1.56 bits per heavy atom. The Labute approximate surface area is 227 Å². The van der Waals surface area contributed by atoms with Crippen LogP contribution in [0.15, 0.2) is 24.3 Å². The largest absolute Gasteiger partial charge is 0.481 e. The fourth-order valence-electron chi connectivity index (χ4n) is 4.59. The summed E-state index contributed by atoms with van der Waals surface area (Å²) in [6.07, 6.45) is 1.18. The summed E-state index contributed by atoms with van der Waals surface area (Å²) in [4.78, 5) is 50.1. The Balaban J connectivity index is 2.20. The van der Waals surface area contributed by atoms with Gasteiger partial charge in [0.05, 0.1) is 24.4 Å². The molecule has 0 spiro atoms. The Bertz CT molecular complexity index is 947. The van der Waals surface area contributed by atoms with Crippen LogP contribution >= 0.6 is 8.46 Å². The van der Waals surface area contributed by atoms with Crippen LogP contribution in [0.3, 0.4) is 0 Å². The van der Waals surface area contributed by atoms with Gasteiger partial charge < -0.3 is 20.6 Å². The zero-order valence-electron chi connectivity index (χ0n) is 21.7. The number of hydrogen-bond acceptors (Lipinski definition) is 10. The summed E-state index contributed by atoms with van der Waals surface area (Å²) in [6, 6.07) is 5.65. The topological polar surface area (TPSA) is 194 Å². The van der Waals surface area contributed by atoms with Gasteiger partial charge in [-0.25, -0.2) is 0 Å². The van der Waals surface area contributed by atoms with Gasteiger partial charge in [-0.1, -0.05) is 16.7 Å². The number of nitro groups is 1. The number of carboxylic acid groups (broad SMARTS) is 3. The number of aliphatic carboxylic acids is 3. The molecule has 0 amide bonds. The van der Waals surface area contributed by atoms with E-state index in [2.05, 4.69) is 5.32 Å². The number of nitrogens with one attached hydrogen (secondary N) is 1. The Kier molecular flexibility index (Phi) is 13.9. The third kappa shape index (κ3) is 12.6. The molecule has 1 aromatic carbocycles. The summed E-state index contributed by atoms with van der Waals surface area (Å²) in [5.41, 5.74) is 0.753.